The minimum atomic E-state index is -2.82. The first-order chi connectivity index (χ1) is 7.91. The van der Waals surface area contributed by atoms with Crippen molar-refractivity contribution in [2.24, 2.45) is 5.92 Å². The number of hydrogen-bond donors (Lipinski definition) is 1. The van der Waals surface area contributed by atoms with Gasteiger partial charge >= 0.3 is 0 Å². The molecule has 104 valence electrons. The van der Waals surface area contributed by atoms with E-state index >= 15 is 0 Å². The molecule has 0 aliphatic heterocycles. The molecule has 1 N–H and O–H groups in total. The summed E-state index contributed by atoms with van der Waals surface area (Å²) in [6.07, 6.45) is 3.60. The third-order valence-electron chi connectivity index (χ3n) is 3.00. The Hall–Kier alpha value is -0.0900. The normalized spacial score (nSPS) is 14.2. The summed E-state index contributed by atoms with van der Waals surface area (Å²) in [5, 5.41) is 3.37. The van der Waals surface area contributed by atoms with Gasteiger partial charge in [-0.3, -0.25) is 0 Å². The Morgan fingerprint density at radius 1 is 1.06 bits per heavy atom. The maximum absolute atomic E-state index is 11.7. The molecule has 0 aromatic carbocycles. The van der Waals surface area contributed by atoms with E-state index in [1.165, 1.54) is 0 Å². The Bertz CT molecular complexity index is 273. The summed E-state index contributed by atoms with van der Waals surface area (Å²) in [5.41, 5.74) is 0. The van der Waals surface area contributed by atoms with Crippen LogP contribution in [0.3, 0.4) is 0 Å². The molecule has 0 fully saturated rings. The predicted octanol–water partition coefficient (Wildman–Crippen LogP) is 2.62. The first-order valence-corrected chi connectivity index (χ1v) is 8.67. The predicted molar refractivity (Wildman–Crippen MR) is 75.1 cm³/mol. The Kier molecular flexibility index (Phi) is 8.88. The zero-order chi connectivity index (χ0) is 13.3. The molecule has 0 aromatic heterocycles. The molecule has 4 heteroatoms. The molecule has 1 unspecified atom stereocenters. The van der Waals surface area contributed by atoms with Gasteiger partial charge in [-0.2, -0.15) is 0 Å². The smallest absolute Gasteiger partial charge is 0.150 e. The van der Waals surface area contributed by atoms with Crippen molar-refractivity contribution in [3.8, 4) is 0 Å². The van der Waals surface area contributed by atoms with Crippen molar-refractivity contribution in [2.45, 2.75) is 59.4 Å². The molecule has 0 aliphatic carbocycles. The van der Waals surface area contributed by atoms with Crippen LogP contribution in [0.4, 0.5) is 0 Å². The van der Waals surface area contributed by atoms with Gasteiger partial charge in [0.05, 0.1) is 11.5 Å². The van der Waals surface area contributed by atoms with E-state index in [1.54, 1.807) is 0 Å². The van der Waals surface area contributed by atoms with Crippen LogP contribution in [0.1, 0.15) is 53.4 Å². The Morgan fingerprint density at radius 2 is 1.71 bits per heavy atom. The van der Waals surface area contributed by atoms with Crippen LogP contribution in [0.25, 0.3) is 0 Å². The molecule has 0 aliphatic rings. The van der Waals surface area contributed by atoms with Crippen LogP contribution in [-0.2, 0) is 9.84 Å². The molecule has 3 nitrogen and oxygen atoms in total. The van der Waals surface area contributed by atoms with Gasteiger partial charge in [0, 0.05) is 6.04 Å². The lowest BCUT2D eigenvalue weighted by atomic mass is 10.1. The van der Waals surface area contributed by atoms with E-state index in [0.29, 0.717) is 23.5 Å². The number of nitrogens with one attached hydrogen (secondary N) is 1. The minimum Gasteiger partial charge on any atom is -0.314 e. The summed E-state index contributed by atoms with van der Waals surface area (Å²) >= 11 is 0. The number of sulfone groups is 1. The second kappa shape index (κ2) is 8.92. The van der Waals surface area contributed by atoms with Crippen LogP contribution in [0.5, 0.6) is 0 Å². The van der Waals surface area contributed by atoms with Crippen LogP contribution in [0.15, 0.2) is 0 Å². The van der Waals surface area contributed by atoms with Crippen molar-refractivity contribution in [2.75, 3.05) is 18.1 Å². The second-order valence-electron chi connectivity index (χ2n) is 5.14. The van der Waals surface area contributed by atoms with E-state index in [4.69, 9.17) is 0 Å². The number of rotatable bonds is 10. The first-order valence-electron chi connectivity index (χ1n) is 6.85. The Labute approximate surface area is 107 Å². The van der Waals surface area contributed by atoms with Gasteiger partial charge in [0.2, 0.25) is 0 Å². The molecule has 0 heterocycles. The fourth-order valence-electron chi connectivity index (χ4n) is 1.81. The Morgan fingerprint density at radius 3 is 2.18 bits per heavy atom. The lowest BCUT2D eigenvalue weighted by Gasteiger charge is -2.15. The standard InChI is InChI=1S/C13H29NO2S/c1-5-13(14-6-2)8-7-10-17(15,16)11-9-12(3)4/h12-14H,5-11H2,1-4H3. The largest absolute Gasteiger partial charge is 0.314 e. The fraction of sp³-hybridized carbons (Fsp3) is 1.00. The summed E-state index contributed by atoms with van der Waals surface area (Å²) in [6.45, 7) is 9.31. The molecular formula is C13H29NO2S. The molecule has 0 amide bonds. The van der Waals surface area contributed by atoms with Crippen LogP contribution in [0.2, 0.25) is 0 Å². The lowest BCUT2D eigenvalue weighted by molar-refractivity contribution is 0.474. The SMILES string of the molecule is CCNC(CC)CCCS(=O)(=O)CCC(C)C. The zero-order valence-electron chi connectivity index (χ0n) is 11.8. The fourth-order valence-corrected chi connectivity index (χ4v) is 3.45. The van der Waals surface area contributed by atoms with E-state index in [9.17, 15) is 8.42 Å². The van der Waals surface area contributed by atoms with Gasteiger partial charge < -0.3 is 5.32 Å². The average Bonchev–Trinajstić information content (AvgIpc) is 2.25. The maximum atomic E-state index is 11.7. The molecule has 0 bridgehead atoms. The van der Waals surface area contributed by atoms with Gasteiger partial charge in [-0.1, -0.05) is 27.7 Å². The molecule has 1 atom stereocenters. The third-order valence-corrected chi connectivity index (χ3v) is 4.77. The topological polar surface area (TPSA) is 46.2 Å². The summed E-state index contributed by atoms with van der Waals surface area (Å²) in [5.74, 6) is 1.17. The van der Waals surface area contributed by atoms with E-state index in [1.807, 2.05) is 0 Å². The molecule has 0 radical (unpaired) electrons. The average molecular weight is 263 g/mol. The summed E-state index contributed by atoms with van der Waals surface area (Å²) in [4.78, 5) is 0. The van der Waals surface area contributed by atoms with Gasteiger partial charge in [-0.25, -0.2) is 8.42 Å². The third kappa shape index (κ3) is 9.60. The molecular weight excluding hydrogens is 234 g/mol. The molecule has 0 saturated carbocycles. The molecule has 0 rings (SSSR count). The second-order valence-corrected chi connectivity index (χ2v) is 7.44. The maximum Gasteiger partial charge on any atom is 0.150 e. The van der Waals surface area contributed by atoms with Crippen LogP contribution in [0, 0.1) is 5.92 Å². The van der Waals surface area contributed by atoms with E-state index < -0.39 is 9.84 Å². The highest BCUT2D eigenvalue weighted by atomic mass is 32.2. The molecule has 0 aromatic rings. The first kappa shape index (κ1) is 16.9. The summed E-state index contributed by atoms with van der Waals surface area (Å²) < 4.78 is 23.5. The van der Waals surface area contributed by atoms with Crippen molar-refractivity contribution in [1.29, 1.82) is 0 Å². The highest BCUT2D eigenvalue weighted by molar-refractivity contribution is 7.91. The van der Waals surface area contributed by atoms with Gasteiger partial charge in [0.25, 0.3) is 0 Å². The van der Waals surface area contributed by atoms with E-state index in [-0.39, 0.29) is 0 Å². The number of hydrogen-bond acceptors (Lipinski definition) is 3. The highest BCUT2D eigenvalue weighted by Crippen LogP contribution is 2.08. The van der Waals surface area contributed by atoms with Crippen LogP contribution < -0.4 is 5.32 Å². The van der Waals surface area contributed by atoms with Crippen molar-refractivity contribution in [1.82, 2.24) is 5.32 Å². The van der Waals surface area contributed by atoms with Crippen molar-refractivity contribution < 1.29 is 8.42 Å². The lowest BCUT2D eigenvalue weighted by Crippen LogP contribution is -2.28. The van der Waals surface area contributed by atoms with Crippen molar-refractivity contribution in [3.05, 3.63) is 0 Å². The van der Waals surface area contributed by atoms with Gasteiger partial charge in [-0.15, -0.1) is 0 Å². The highest BCUT2D eigenvalue weighted by Gasteiger charge is 2.13. The van der Waals surface area contributed by atoms with Crippen molar-refractivity contribution in [3.63, 3.8) is 0 Å². The zero-order valence-corrected chi connectivity index (χ0v) is 12.6. The monoisotopic (exact) mass is 263 g/mol. The van der Waals surface area contributed by atoms with E-state index in [0.717, 1.165) is 32.2 Å². The summed E-state index contributed by atoms with van der Waals surface area (Å²) in [7, 11) is -2.82. The Balaban J connectivity index is 3.85. The van der Waals surface area contributed by atoms with Crippen LogP contribution in [-0.4, -0.2) is 32.5 Å². The quantitative estimate of drug-likeness (QED) is 0.659. The summed E-state index contributed by atoms with van der Waals surface area (Å²) in [6, 6.07) is 0.472. The van der Waals surface area contributed by atoms with Gasteiger partial charge in [-0.05, 0) is 38.1 Å². The van der Waals surface area contributed by atoms with Gasteiger partial charge in [0.15, 0.2) is 0 Å². The van der Waals surface area contributed by atoms with E-state index in [2.05, 4.69) is 33.0 Å². The van der Waals surface area contributed by atoms with Gasteiger partial charge in [0.1, 0.15) is 9.84 Å². The minimum absolute atomic E-state index is 0.349. The molecule has 0 saturated heterocycles. The van der Waals surface area contributed by atoms with Crippen LogP contribution >= 0.6 is 0 Å². The molecule has 0 spiro atoms. The van der Waals surface area contributed by atoms with Crippen molar-refractivity contribution >= 4 is 9.84 Å². The molecule has 17 heavy (non-hydrogen) atoms.